The summed E-state index contributed by atoms with van der Waals surface area (Å²) in [6.45, 7) is 3.31. The van der Waals surface area contributed by atoms with E-state index in [1.165, 1.54) is 12.1 Å². The largest absolute Gasteiger partial charge is 0.397 e. The van der Waals surface area contributed by atoms with Gasteiger partial charge in [0.05, 0.1) is 11.4 Å². The highest BCUT2D eigenvalue weighted by Gasteiger charge is 2.30. The van der Waals surface area contributed by atoms with E-state index < -0.39 is 0 Å². The number of anilines is 3. The molecule has 2 rings (SSSR count). The van der Waals surface area contributed by atoms with E-state index >= 15 is 0 Å². The molecule has 0 aliphatic carbocycles. The lowest BCUT2D eigenvalue weighted by Crippen LogP contribution is -2.32. The van der Waals surface area contributed by atoms with Crippen LogP contribution in [0.3, 0.4) is 0 Å². The molecule has 0 unspecified atom stereocenters. The first-order valence-electron chi connectivity index (χ1n) is 6.07. The Morgan fingerprint density at radius 3 is 2.47 bits per heavy atom. The second kappa shape index (κ2) is 4.45. The topological polar surface area (TPSA) is 58.5 Å². The monoisotopic (exact) mass is 234 g/mol. The van der Waals surface area contributed by atoms with Gasteiger partial charge >= 0.3 is 0 Å². The van der Waals surface area contributed by atoms with Crippen LogP contribution in [0.2, 0.25) is 0 Å². The van der Waals surface area contributed by atoms with Crippen molar-refractivity contribution in [1.82, 2.24) is 4.90 Å². The molecule has 0 aromatic heterocycles. The van der Waals surface area contributed by atoms with Crippen molar-refractivity contribution in [1.29, 1.82) is 0 Å². The fourth-order valence-electron chi connectivity index (χ4n) is 2.48. The minimum absolute atomic E-state index is 0.547. The van der Waals surface area contributed by atoms with Gasteiger partial charge in [-0.1, -0.05) is 0 Å². The Labute approximate surface area is 103 Å². The average molecular weight is 234 g/mol. The smallest absolute Gasteiger partial charge is 0.0568 e. The van der Waals surface area contributed by atoms with Gasteiger partial charge < -0.3 is 21.3 Å². The highest BCUT2D eigenvalue weighted by atomic mass is 15.3. The highest BCUT2D eigenvalue weighted by Crippen LogP contribution is 2.30. The molecule has 0 bridgehead atoms. The van der Waals surface area contributed by atoms with Crippen molar-refractivity contribution in [2.75, 3.05) is 37.0 Å². The molecule has 1 aliphatic heterocycles. The Bertz CT molecular complexity index is 402. The summed E-state index contributed by atoms with van der Waals surface area (Å²) in [4.78, 5) is 4.69. The van der Waals surface area contributed by atoms with E-state index in [4.69, 9.17) is 11.5 Å². The predicted octanol–water partition coefficient (Wildman–Crippen LogP) is 1.38. The summed E-state index contributed by atoms with van der Waals surface area (Å²) >= 11 is 0. The van der Waals surface area contributed by atoms with Gasteiger partial charge in [-0.25, -0.2) is 0 Å². The fraction of sp³-hybridized carbons (Fsp3) is 0.538. The molecule has 94 valence electrons. The van der Waals surface area contributed by atoms with Gasteiger partial charge in [0.15, 0.2) is 0 Å². The third-order valence-corrected chi connectivity index (χ3v) is 3.69. The number of nitrogens with zero attached hydrogens (tertiary/aromatic N) is 2. The lowest BCUT2D eigenvalue weighted by Gasteiger charge is -2.25. The van der Waals surface area contributed by atoms with E-state index in [1.54, 1.807) is 0 Å². The summed E-state index contributed by atoms with van der Waals surface area (Å²) < 4.78 is 0. The minimum atomic E-state index is 0.547. The van der Waals surface area contributed by atoms with Crippen molar-refractivity contribution in [2.24, 2.45) is 0 Å². The van der Waals surface area contributed by atoms with Crippen molar-refractivity contribution in [3.8, 4) is 0 Å². The van der Waals surface area contributed by atoms with Crippen LogP contribution in [-0.2, 0) is 0 Å². The first-order valence-corrected chi connectivity index (χ1v) is 6.07. The maximum atomic E-state index is 5.87. The van der Waals surface area contributed by atoms with Gasteiger partial charge in [-0.05, 0) is 45.6 Å². The molecule has 4 nitrogen and oxygen atoms in total. The molecule has 0 spiro atoms. The van der Waals surface area contributed by atoms with Crippen LogP contribution in [0.5, 0.6) is 0 Å². The summed E-state index contributed by atoms with van der Waals surface area (Å²) in [5.74, 6) is 0. The van der Waals surface area contributed by atoms with Crippen LogP contribution in [0.15, 0.2) is 18.2 Å². The Morgan fingerprint density at radius 1 is 1.24 bits per heavy atom. The third-order valence-electron chi connectivity index (χ3n) is 3.69. The van der Waals surface area contributed by atoms with Crippen molar-refractivity contribution < 1.29 is 0 Å². The summed E-state index contributed by atoms with van der Waals surface area (Å²) in [5, 5.41) is 0. The molecular weight excluding hydrogens is 212 g/mol. The van der Waals surface area contributed by atoms with E-state index in [0.29, 0.717) is 23.5 Å². The molecule has 4 N–H and O–H groups in total. The van der Waals surface area contributed by atoms with Crippen LogP contribution in [0.4, 0.5) is 17.1 Å². The van der Waals surface area contributed by atoms with Crippen LogP contribution in [0.25, 0.3) is 0 Å². The number of nitrogen functional groups attached to an aromatic ring is 2. The van der Waals surface area contributed by atoms with Crippen LogP contribution in [-0.4, -0.2) is 37.6 Å². The molecule has 0 amide bonds. The van der Waals surface area contributed by atoms with Crippen LogP contribution in [0.1, 0.15) is 13.3 Å². The third kappa shape index (κ3) is 2.31. The molecule has 0 saturated carbocycles. The van der Waals surface area contributed by atoms with Crippen molar-refractivity contribution in [3.63, 3.8) is 0 Å². The summed E-state index contributed by atoms with van der Waals surface area (Å²) in [6, 6.07) is 7.08. The first kappa shape index (κ1) is 12.0. The summed E-state index contributed by atoms with van der Waals surface area (Å²) in [5.41, 5.74) is 14.1. The Balaban J connectivity index is 2.20. The molecule has 4 heteroatoms. The highest BCUT2D eigenvalue weighted by molar-refractivity contribution is 5.70. The molecule has 17 heavy (non-hydrogen) atoms. The van der Waals surface area contributed by atoms with E-state index in [9.17, 15) is 0 Å². The quantitative estimate of drug-likeness (QED) is 0.759. The number of hydrogen-bond donors (Lipinski definition) is 2. The molecule has 1 fully saturated rings. The molecule has 1 heterocycles. The molecule has 1 aromatic carbocycles. The number of nitrogens with two attached hydrogens (primary N) is 2. The molecular formula is C13H22N4. The zero-order valence-electron chi connectivity index (χ0n) is 10.9. The van der Waals surface area contributed by atoms with Gasteiger partial charge in [0.2, 0.25) is 0 Å². The van der Waals surface area contributed by atoms with E-state index in [0.717, 1.165) is 6.54 Å². The summed E-state index contributed by atoms with van der Waals surface area (Å²) in [6.07, 6.45) is 1.19. The van der Waals surface area contributed by atoms with Gasteiger partial charge in [-0.2, -0.15) is 0 Å². The van der Waals surface area contributed by atoms with E-state index in [2.05, 4.69) is 36.9 Å². The lowest BCUT2D eigenvalue weighted by molar-refractivity contribution is 0.311. The van der Waals surface area contributed by atoms with Crippen molar-refractivity contribution in [2.45, 2.75) is 25.4 Å². The van der Waals surface area contributed by atoms with Gasteiger partial charge in [0, 0.05) is 24.3 Å². The first-order chi connectivity index (χ1) is 7.99. The Hall–Kier alpha value is -1.42. The van der Waals surface area contributed by atoms with Crippen LogP contribution < -0.4 is 16.4 Å². The Morgan fingerprint density at radius 2 is 1.94 bits per heavy atom. The van der Waals surface area contributed by atoms with E-state index in [1.807, 2.05) is 12.1 Å². The average Bonchev–Trinajstić information content (AvgIpc) is 2.65. The van der Waals surface area contributed by atoms with Crippen LogP contribution in [0, 0.1) is 0 Å². The second-order valence-electron chi connectivity index (χ2n) is 5.17. The molecule has 1 aliphatic rings. The second-order valence-corrected chi connectivity index (χ2v) is 5.17. The predicted molar refractivity (Wildman–Crippen MR) is 74.2 cm³/mol. The zero-order chi connectivity index (χ0) is 12.6. The standard InChI is InChI=1S/C13H22N4/c1-9-6-11(16(2)3)8-17(9)10-4-5-12(14)13(15)7-10/h4-5,7,9,11H,6,8,14-15H2,1-3H3/t9-,11-/m0/s1. The van der Waals surface area contributed by atoms with Crippen LogP contribution >= 0.6 is 0 Å². The number of benzene rings is 1. The van der Waals surface area contributed by atoms with E-state index in [-0.39, 0.29) is 0 Å². The summed E-state index contributed by atoms with van der Waals surface area (Å²) in [7, 11) is 4.27. The zero-order valence-corrected chi connectivity index (χ0v) is 10.9. The molecule has 1 saturated heterocycles. The maximum absolute atomic E-state index is 5.87. The maximum Gasteiger partial charge on any atom is 0.0568 e. The SMILES string of the molecule is C[C@H]1C[C@H](N(C)C)CN1c1ccc(N)c(N)c1. The number of likely N-dealkylation sites (N-methyl/N-ethyl adjacent to an activating group) is 1. The van der Waals surface area contributed by atoms with Crippen molar-refractivity contribution in [3.05, 3.63) is 18.2 Å². The fourth-order valence-corrected chi connectivity index (χ4v) is 2.48. The molecule has 2 atom stereocenters. The lowest BCUT2D eigenvalue weighted by atomic mass is 10.2. The number of hydrogen-bond acceptors (Lipinski definition) is 4. The molecule has 0 radical (unpaired) electrons. The van der Waals surface area contributed by atoms with Gasteiger partial charge in [0.1, 0.15) is 0 Å². The van der Waals surface area contributed by atoms with Gasteiger partial charge in [-0.3, -0.25) is 0 Å². The van der Waals surface area contributed by atoms with Crippen molar-refractivity contribution >= 4 is 17.1 Å². The van der Waals surface area contributed by atoms with Gasteiger partial charge in [-0.15, -0.1) is 0 Å². The minimum Gasteiger partial charge on any atom is -0.397 e. The number of rotatable bonds is 2. The normalized spacial score (nSPS) is 24.6. The molecule has 1 aromatic rings. The Kier molecular flexibility index (Phi) is 3.15. The van der Waals surface area contributed by atoms with Gasteiger partial charge in [0.25, 0.3) is 0 Å².